The molecule has 2 rings (SSSR count). The highest BCUT2D eigenvalue weighted by molar-refractivity contribution is 5.84. The van der Waals surface area contributed by atoms with E-state index in [2.05, 4.69) is 18.9 Å². The van der Waals surface area contributed by atoms with Crippen LogP contribution in [0, 0.1) is 5.92 Å². The number of aromatic carboxylic acids is 1. The van der Waals surface area contributed by atoms with Gasteiger partial charge in [-0.25, -0.2) is 4.79 Å². The molecule has 4 nitrogen and oxygen atoms in total. The first-order chi connectivity index (χ1) is 8.56. The van der Waals surface area contributed by atoms with Crippen molar-refractivity contribution in [2.75, 3.05) is 7.05 Å². The van der Waals surface area contributed by atoms with Crippen molar-refractivity contribution in [3.8, 4) is 0 Å². The Morgan fingerprint density at radius 3 is 2.89 bits per heavy atom. The molecule has 0 aromatic carbocycles. The van der Waals surface area contributed by atoms with Crippen molar-refractivity contribution in [3.05, 3.63) is 23.7 Å². The Morgan fingerprint density at radius 1 is 1.50 bits per heavy atom. The molecule has 0 saturated heterocycles. The molecule has 1 heterocycles. The summed E-state index contributed by atoms with van der Waals surface area (Å²) in [5.74, 6) is 0.538. The molecule has 1 N–H and O–H groups in total. The molecule has 2 unspecified atom stereocenters. The zero-order chi connectivity index (χ0) is 13.1. The lowest BCUT2D eigenvalue weighted by atomic mass is 9.86. The van der Waals surface area contributed by atoms with E-state index in [0.717, 1.165) is 11.7 Å². The van der Waals surface area contributed by atoms with Crippen LogP contribution in [0.15, 0.2) is 16.5 Å². The maximum atomic E-state index is 10.7. The normalized spacial score (nSPS) is 24.4. The predicted octanol–water partition coefficient (Wildman–Crippen LogP) is 2.99. The van der Waals surface area contributed by atoms with E-state index in [1.54, 1.807) is 6.07 Å². The highest BCUT2D eigenvalue weighted by atomic mass is 16.4. The van der Waals surface area contributed by atoms with E-state index in [1.807, 2.05) is 0 Å². The third-order valence-electron chi connectivity index (χ3n) is 3.81. The minimum absolute atomic E-state index is 0.0235. The molecule has 1 saturated carbocycles. The number of carboxylic acids is 1. The van der Waals surface area contributed by atoms with Gasteiger partial charge in [0.05, 0.1) is 6.54 Å². The number of rotatable bonds is 4. The van der Waals surface area contributed by atoms with E-state index in [4.69, 9.17) is 9.52 Å². The lowest BCUT2D eigenvalue weighted by molar-refractivity contribution is 0.0657. The van der Waals surface area contributed by atoms with Gasteiger partial charge in [0.25, 0.3) is 0 Å². The molecular formula is C14H21NO3. The van der Waals surface area contributed by atoms with E-state index in [-0.39, 0.29) is 5.76 Å². The van der Waals surface area contributed by atoms with Gasteiger partial charge in [0.15, 0.2) is 0 Å². The highest BCUT2D eigenvalue weighted by Crippen LogP contribution is 2.27. The molecule has 1 aliphatic rings. The summed E-state index contributed by atoms with van der Waals surface area (Å²) in [6.07, 6.45) is 5.07. The van der Waals surface area contributed by atoms with Crippen LogP contribution in [0.5, 0.6) is 0 Å². The Labute approximate surface area is 108 Å². The van der Waals surface area contributed by atoms with Gasteiger partial charge in [-0.1, -0.05) is 19.8 Å². The van der Waals surface area contributed by atoms with Gasteiger partial charge < -0.3 is 9.52 Å². The van der Waals surface area contributed by atoms with E-state index in [1.165, 1.54) is 31.7 Å². The predicted molar refractivity (Wildman–Crippen MR) is 68.6 cm³/mol. The molecule has 100 valence electrons. The average molecular weight is 251 g/mol. The summed E-state index contributed by atoms with van der Waals surface area (Å²) in [6, 6.07) is 3.87. The standard InChI is InChI=1S/C14H21NO3/c1-10-4-3-5-11(8-10)15(2)9-12-6-7-13(18-12)14(16)17/h6-7,10-11H,3-5,8-9H2,1-2H3,(H,16,17). The quantitative estimate of drug-likeness (QED) is 0.893. The number of carboxylic acid groups (broad SMARTS) is 1. The van der Waals surface area contributed by atoms with Crippen molar-refractivity contribution in [3.63, 3.8) is 0 Å². The van der Waals surface area contributed by atoms with Gasteiger partial charge >= 0.3 is 5.97 Å². The SMILES string of the molecule is CC1CCCC(N(C)Cc2ccc(C(=O)O)o2)C1. The number of furan rings is 1. The van der Waals surface area contributed by atoms with E-state index < -0.39 is 5.97 Å². The number of hydrogen-bond acceptors (Lipinski definition) is 3. The zero-order valence-corrected chi connectivity index (χ0v) is 11.1. The van der Waals surface area contributed by atoms with E-state index in [9.17, 15) is 4.79 Å². The van der Waals surface area contributed by atoms with Crippen molar-refractivity contribution in [1.29, 1.82) is 0 Å². The summed E-state index contributed by atoms with van der Waals surface area (Å²) >= 11 is 0. The Kier molecular flexibility index (Phi) is 4.07. The van der Waals surface area contributed by atoms with Crippen molar-refractivity contribution in [2.45, 2.75) is 45.2 Å². The molecule has 0 aliphatic heterocycles. The molecule has 2 atom stereocenters. The van der Waals surface area contributed by atoms with E-state index in [0.29, 0.717) is 12.6 Å². The lowest BCUT2D eigenvalue weighted by Crippen LogP contribution is -2.34. The van der Waals surface area contributed by atoms with Crippen LogP contribution in [0.1, 0.15) is 48.9 Å². The van der Waals surface area contributed by atoms with Gasteiger partial charge in [-0.3, -0.25) is 4.90 Å². The second-order valence-corrected chi connectivity index (χ2v) is 5.41. The minimum atomic E-state index is -1.00. The molecule has 4 heteroatoms. The molecule has 0 radical (unpaired) electrons. The monoisotopic (exact) mass is 251 g/mol. The third kappa shape index (κ3) is 3.13. The fourth-order valence-corrected chi connectivity index (χ4v) is 2.76. The van der Waals surface area contributed by atoms with Crippen LogP contribution in [-0.2, 0) is 6.54 Å². The van der Waals surface area contributed by atoms with Crippen LogP contribution in [0.2, 0.25) is 0 Å². The molecule has 1 aromatic heterocycles. The van der Waals surface area contributed by atoms with Crippen molar-refractivity contribution in [1.82, 2.24) is 4.90 Å². The molecule has 0 bridgehead atoms. The fourth-order valence-electron chi connectivity index (χ4n) is 2.76. The maximum Gasteiger partial charge on any atom is 0.371 e. The summed E-state index contributed by atoms with van der Waals surface area (Å²) in [5, 5.41) is 8.81. The molecule has 1 aromatic rings. The van der Waals surface area contributed by atoms with Gasteiger partial charge in [-0.15, -0.1) is 0 Å². The van der Waals surface area contributed by atoms with E-state index >= 15 is 0 Å². The summed E-state index contributed by atoms with van der Waals surface area (Å²) in [6.45, 7) is 2.99. The summed E-state index contributed by atoms with van der Waals surface area (Å²) in [4.78, 5) is 13.0. The minimum Gasteiger partial charge on any atom is -0.475 e. The van der Waals surface area contributed by atoms with Crippen LogP contribution < -0.4 is 0 Å². The Bertz CT molecular complexity index is 413. The topological polar surface area (TPSA) is 53.7 Å². The van der Waals surface area contributed by atoms with Gasteiger partial charge in [0.2, 0.25) is 5.76 Å². The molecule has 0 amide bonds. The maximum absolute atomic E-state index is 10.7. The molecular weight excluding hydrogens is 230 g/mol. The molecule has 18 heavy (non-hydrogen) atoms. The first kappa shape index (κ1) is 13.1. The molecule has 1 aliphatic carbocycles. The number of nitrogens with zero attached hydrogens (tertiary/aromatic N) is 1. The van der Waals surface area contributed by atoms with Crippen LogP contribution >= 0.6 is 0 Å². The Morgan fingerprint density at radius 2 is 2.28 bits per heavy atom. The summed E-state index contributed by atoms with van der Waals surface area (Å²) in [5.41, 5.74) is 0. The van der Waals surface area contributed by atoms with Crippen molar-refractivity contribution in [2.24, 2.45) is 5.92 Å². The summed E-state index contributed by atoms with van der Waals surface area (Å²) < 4.78 is 5.29. The summed E-state index contributed by atoms with van der Waals surface area (Å²) in [7, 11) is 2.09. The first-order valence-corrected chi connectivity index (χ1v) is 6.58. The Hall–Kier alpha value is -1.29. The van der Waals surface area contributed by atoms with Crippen LogP contribution in [0.4, 0.5) is 0 Å². The third-order valence-corrected chi connectivity index (χ3v) is 3.81. The van der Waals surface area contributed by atoms with Gasteiger partial charge in [0, 0.05) is 6.04 Å². The van der Waals surface area contributed by atoms with Gasteiger partial charge in [-0.05, 0) is 37.9 Å². The average Bonchev–Trinajstić information content (AvgIpc) is 2.77. The molecule has 0 spiro atoms. The number of hydrogen-bond donors (Lipinski definition) is 1. The Balaban J connectivity index is 1.93. The van der Waals surface area contributed by atoms with Crippen LogP contribution in [-0.4, -0.2) is 29.1 Å². The van der Waals surface area contributed by atoms with Crippen LogP contribution in [0.3, 0.4) is 0 Å². The second kappa shape index (κ2) is 5.57. The second-order valence-electron chi connectivity index (χ2n) is 5.41. The van der Waals surface area contributed by atoms with Crippen LogP contribution in [0.25, 0.3) is 0 Å². The highest BCUT2D eigenvalue weighted by Gasteiger charge is 2.23. The lowest BCUT2D eigenvalue weighted by Gasteiger charge is -2.33. The van der Waals surface area contributed by atoms with Crippen molar-refractivity contribution < 1.29 is 14.3 Å². The zero-order valence-electron chi connectivity index (χ0n) is 11.1. The smallest absolute Gasteiger partial charge is 0.371 e. The van der Waals surface area contributed by atoms with Gasteiger partial charge in [0.1, 0.15) is 5.76 Å². The largest absolute Gasteiger partial charge is 0.475 e. The number of carbonyl (C=O) groups is 1. The molecule has 1 fully saturated rings. The fraction of sp³-hybridized carbons (Fsp3) is 0.643. The first-order valence-electron chi connectivity index (χ1n) is 6.58. The van der Waals surface area contributed by atoms with Crippen molar-refractivity contribution >= 4 is 5.97 Å². The van der Waals surface area contributed by atoms with Gasteiger partial charge in [-0.2, -0.15) is 0 Å².